The molecular formula is C25H27N5O3S. The number of nitrogens with zero attached hydrogens (tertiary/aromatic N) is 5. The van der Waals surface area contributed by atoms with Gasteiger partial charge in [0.25, 0.3) is 5.91 Å². The van der Waals surface area contributed by atoms with Crippen LogP contribution in [-0.2, 0) is 39.2 Å². The van der Waals surface area contributed by atoms with Crippen molar-refractivity contribution in [3.05, 3.63) is 93.1 Å². The van der Waals surface area contributed by atoms with Crippen molar-refractivity contribution in [3.63, 3.8) is 0 Å². The van der Waals surface area contributed by atoms with Gasteiger partial charge in [0.15, 0.2) is 5.69 Å². The Morgan fingerprint density at radius 2 is 2.00 bits per heavy atom. The van der Waals surface area contributed by atoms with Crippen molar-refractivity contribution in [1.29, 1.82) is 0 Å². The predicted molar refractivity (Wildman–Crippen MR) is 128 cm³/mol. The van der Waals surface area contributed by atoms with Crippen LogP contribution in [0.15, 0.2) is 57.8 Å². The lowest BCUT2D eigenvalue weighted by Crippen LogP contribution is -2.33. The first kappa shape index (κ1) is 22.5. The summed E-state index contributed by atoms with van der Waals surface area (Å²) in [5.41, 5.74) is 6.39. The van der Waals surface area contributed by atoms with E-state index in [4.69, 9.17) is 9.52 Å². The van der Waals surface area contributed by atoms with Gasteiger partial charge in [0.1, 0.15) is 18.1 Å². The van der Waals surface area contributed by atoms with E-state index in [1.807, 2.05) is 34.3 Å². The lowest BCUT2D eigenvalue weighted by atomic mass is 10.0. The van der Waals surface area contributed by atoms with Gasteiger partial charge in [-0.15, -0.1) is 11.3 Å². The van der Waals surface area contributed by atoms with Crippen LogP contribution in [-0.4, -0.2) is 49.2 Å². The molecule has 1 aliphatic heterocycles. The molecule has 1 aliphatic rings. The third kappa shape index (κ3) is 4.82. The second-order valence-electron chi connectivity index (χ2n) is 8.54. The van der Waals surface area contributed by atoms with Crippen LogP contribution in [0.4, 0.5) is 0 Å². The molecule has 4 aromatic rings. The molecule has 0 saturated carbocycles. The fourth-order valence-electron chi connectivity index (χ4n) is 4.36. The van der Waals surface area contributed by atoms with Crippen molar-refractivity contribution in [2.75, 3.05) is 13.6 Å². The normalized spacial score (nSPS) is 13.7. The predicted octanol–water partition coefficient (Wildman–Crippen LogP) is 3.30. The molecule has 0 radical (unpaired) electrons. The van der Waals surface area contributed by atoms with E-state index in [1.165, 1.54) is 11.3 Å². The Morgan fingerprint density at radius 3 is 2.74 bits per heavy atom. The van der Waals surface area contributed by atoms with Gasteiger partial charge < -0.3 is 14.4 Å². The molecule has 34 heavy (non-hydrogen) atoms. The van der Waals surface area contributed by atoms with Gasteiger partial charge in [-0.25, -0.2) is 4.98 Å². The monoisotopic (exact) mass is 477 g/mol. The highest BCUT2D eigenvalue weighted by atomic mass is 32.1. The molecule has 4 heterocycles. The maximum absolute atomic E-state index is 13.5. The van der Waals surface area contributed by atoms with E-state index in [1.54, 1.807) is 23.5 Å². The summed E-state index contributed by atoms with van der Waals surface area (Å²) in [6.45, 7) is 3.04. The first-order valence-corrected chi connectivity index (χ1v) is 12.2. The second-order valence-corrected chi connectivity index (χ2v) is 9.26. The molecule has 5 rings (SSSR count). The topological polar surface area (TPSA) is 87.6 Å². The van der Waals surface area contributed by atoms with Crippen LogP contribution in [0.25, 0.3) is 0 Å². The van der Waals surface area contributed by atoms with Gasteiger partial charge in [0.2, 0.25) is 0 Å². The number of carbonyl (C=O) groups is 1. The number of rotatable bonds is 8. The van der Waals surface area contributed by atoms with Crippen molar-refractivity contribution >= 4 is 17.2 Å². The number of aliphatic hydroxyl groups excluding tert-OH is 1. The first-order chi connectivity index (χ1) is 16.6. The fourth-order valence-corrected chi connectivity index (χ4v) is 4.91. The number of benzene rings is 1. The zero-order valence-corrected chi connectivity index (χ0v) is 19.9. The maximum Gasteiger partial charge on any atom is 0.274 e. The molecule has 0 spiro atoms. The molecule has 1 amide bonds. The van der Waals surface area contributed by atoms with Crippen LogP contribution in [0.2, 0.25) is 0 Å². The quantitative estimate of drug-likeness (QED) is 0.419. The molecule has 0 bridgehead atoms. The van der Waals surface area contributed by atoms with E-state index in [0.717, 1.165) is 41.2 Å². The number of furan rings is 1. The molecule has 1 N–H and O–H groups in total. The van der Waals surface area contributed by atoms with Crippen LogP contribution >= 0.6 is 11.3 Å². The number of amides is 1. The van der Waals surface area contributed by atoms with Gasteiger partial charge in [-0.2, -0.15) is 5.10 Å². The number of carbonyl (C=O) groups excluding carboxylic acids is 1. The summed E-state index contributed by atoms with van der Waals surface area (Å²) in [7, 11) is 1.80. The SMILES string of the molecule is CN(Cc1cscn1)C(=O)c1nn(Cc2ccccc2)c2c1CN(Cc1ccc(CO)o1)CC2. The van der Waals surface area contributed by atoms with Gasteiger partial charge in [-0.05, 0) is 17.7 Å². The molecule has 9 heteroatoms. The lowest BCUT2D eigenvalue weighted by molar-refractivity contribution is 0.0774. The third-order valence-corrected chi connectivity index (χ3v) is 6.71. The minimum atomic E-state index is -0.111. The van der Waals surface area contributed by atoms with Gasteiger partial charge in [-0.1, -0.05) is 30.3 Å². The van der Waals surface area contributed by atoms with Gasteiger partial charge >= 0.3 is 0 Å². The molecule has 0 atom stereocenters. The number of aromatic nitrogens is 3. The fraction of sp³-hybridized carbons (Fsp3) is 0.320. The Morgan fingerprint density at radius 1 is 1.18 bits per heavy atom. The highest BCUT2D eigenvalue weighted by Crippen LogP contribution is 2.26. The molecule has 176 valence electrons. The minimum Gasteiger partial charge on any atom is -0.462 e. The third-order valence-electron chi connectivity index (χ3n) is 6.07. The summed E-state index contributed by atoms with van der Waals surface area (Å²) in [5.74, 6) is 1.26. The van der Waals surface area contributed by atoms with Crippen LogP contribution in [0.1, 0.15) is 44.5 Å². The van der Waals surface area contributed by atoms with Gasteiger partial charge in [-0.3, -0.25) is 14.4 Å². The number of hydrogen-bond donors (Lipinski definition) is 1. The summed E-state index contributed by atoms with van der Waals surface area (Å²) in [6, 6.07) is 13.9. The van der Waals surface area contributed by atoms with Crippen molar-refractivity contribution in [1.82, 2.24) is 24.6 Å². The molecule has 3 aromatic heterocycles. The van der Waals surface area contributed by atoms with Crippen LogP contribution in [0, 0.1) is 0 Å². The van der Waals surface area contributed by atoms with E-state index in [0.29, 0.717) is 37.6 Å². The van der Waals surface area contributed by atoms with Crippen LogP contribution < -0.4 is 0 Å². The van der Waals surface area contributed by atoms with E-state index in [-0.39, 0.29) is 12.5 Å². The summed E-state index contributed by atoms with van der Waals surface area (Å²) in [5, 5.41) is 16.1. The van der Waals surface area contributed by atoms with E-state index in [2.05, 4.69) is 22.0 Å². The van der Waals surface area contributed by atoms with Crippen LogP contribution in [0.5, 0.6) is 0 Å². The second kappa shape index (κ2) is 9.92. The number of aliphatic hydroxyl groups is 1. The number of fused-ring (bicyclic) bond motifs is 1. The highest BCUT2D eigenvalue weighted by Gasteiger charge is 2.30. The average molecular weight is 478 g/mol. The first-order valence-electron chi connectivity index (χ1n) is 11.3. The van der Waals surface area contributed by atoms with Gasteiger partial charge in [0, 0.05) is 43.2 Å². The summed E-state index contributed by atoms with van der Waals surface area (Å²) in [6.07, 6.45) is 0.797. The smallest absolute Gasteiger partial charge is 0.274 e. The Kier molecular flexibility index (Phi) is 6.57. The lowest BCUT2D eigenvalue weighted by Gasteiger charge is -2.27. The largest absolute Gasteiger partial charge is 0.462 e. The standard InChI is InChI=1S/C25H27N5O3S/c1-28(12-19-16-34-17-26-19)25(32)24-22-14-29(13-20-7-8-21(15-31)33-20)10-9-23(22)30(27-24)11-18-5-3-2-4-6-18/h2-8,16-17,31H,9-15H2,1H3. The Labute approximate surface area is 202 Å². The Hall–Kier alpha value is -3.27. The molecule has 0 aliphatic carbocycles. The summed E-state index contributed by atoms with van der Waals surface area (Å²) >= 11 is 1.52. The molecule has 0 fully saturated rings. The highest BCUT2D eigenvalue weighted by molar-refractivity contribution is 7.07. The zero-order chi connectivity index (χ0) is 23.5. The molecule has 0 saturated heterocycles. The van der Waals surface area contributed by atoms with Crippen molar-refractivity contribution < 1.29 is 14.3 Å². The van der Waals surface area contributed by atoms with E-state index >= 15 is 0 Å². The molecule has 1 aromatic carbocycles. The molecule has 8 nitrogen and oxygen atoms in total. The molecule has 0 unspecified atom stereocenters. The van der Waals surface area contributed by atoms with Crippen molar-refractivity contribution in [2.45, 2.75) is 39.2 Å². The molecular weight excluding hydrogens is 450 g/mol. The summed E-state index contributed by atoms with van der Waals surface area (Å²) < 4.78 is 7.68. The summed E-state index contributed by atoms with van der Waals surface area (Å²) in [4.78, 5) is 21.7. The maximum atomic E-state index is 13.5. The Bertz CT molecular complexity index is 1250. The van der Waals surface area contributed by atoms with E-state index in [9.17, 15) is 9.90 Å². The average Bonchev–Trinajstić information content (AvgIpc) is 3.60. The zero-order valence-electron chi connectivity index (χ0n) is 19.1. The number of hydrogen-bond acceptors (Lipinski definition) is 7. The minimum absolute atomic E-state index is 0.0986. The Balaban J connectivity index is 1.42. The van der Waals surface area contributed by atoms with Crippen molar-refractivity contribution in [2.24, 2.45) is 0 Å². The number of thiazole rings is 1. The van der Waals surface area contributed by atoms with E-state index < -0.39 is 0 Å². The van der Waals surface area contributed by atoms with Crippen molar-refractivity contribution in [3.8, 4) is 0 Å². The van der Waals surface area contributed by atoms with Crippen LogP contribution in [0.3, 0.4) is 0 Å². The van der Waals surface area contributed by atoms with Gasteiger partial charge in [0.05, 0.1) is 30.8 Å².